The minimum atomic E-state index is -3.07. The molecule has 1 atom stereocenters. The molecule has 0 spiro atoms. The smallest absolute Gasteiger partial charge is 0.201 e. The number of hydrogen-bond acceptors (Lipinski definition) is 4. The highest BCUT2D eigenvalue weighted by Gasteiger charge is 2.09. The summed E-state index contributed by atoms with van der Waals surface area (Å²) in [5.41, 5.74) is -0.778. The first kappa shape index (κ1) is 9.26. The van der Waals surface area contributed by atoms with Gasteiger partial charge in [-0.1, -0.05) is 6.92 Å². The second-order valence-electron chi connectivity index (χ2n) is 1.66. The van der Waals surface area contributed by atoms with Crippen LogP contribution in [-0.2, 0) is 8.87 Å². The van der Waals surface area contributed by atoms with E-state index in [0.29, 0.717) is 17.2 Å². The second kappa shape index (κ2) is 3.43. The van der Waals surface area contributed by atoms with Gasteiger partial charge >= 0.3 is 0 Å². The number of rotatable bonds is 3. The summed E-state index contributed by atoms with van der Waals surface area (Å²) >= 11 is 0. The van der Waals surface area contributed by atoms with Gasteiger partial charge in [0.05, 0.1) is 0 Å². The van der Waals surface area contributed by atoms with Crippen LogP contribution in [0.15, 0.2) is 0 Å². The maximum Gasteiger partial charge on any atom is 0.201 e. The minimum absolute atomic E-state index is 0.456. The van der Waals surface area contributed by atoms with E-state index in [1.54, 1.807) is 6.92 Å². The lowest BCUT2D eigenvalue weighted by molar-refractivity contribution is 0.261. The van der Waals surface area contributed by atoms with Crippen molar-refractivity contribution >= 4 is 19.7 Å². The van der Waals surface area contributed by atoms with E-state index in [1.165, 1.54) is 0 Å². The van der Waals surface area contributed by atoms with Crippen molar-refractivity contribution in [3.8, 4) is 0 Å². The Kier molecular flexibility index (Phi) is 3.53. The maximum absolute atomic E-state index is 10.4. The Morgan fingerprint density at radius 1 is 1.67 bits per heavy atom. The fourth-order valence-corrected chi connectivity index (χ4v) is 2.43. The van der Waals surface area contributed by atoms with Crippen LogP contribution in [0, 0.1) is 0 Å². The first-order valence-electron chi connectivity index (χ1n) is 2.52. The van der Waals surface area contributed by atoms with E-state index in [4.69, 9.17) is 5.11 Å². The molecule has 1 N–H and O–H groups in total. The Balaban J connectivity index is 3.75. The van der Waals surface area contributed by atoms with Crippen LogP contribution >= 0.6 is 10.8 Å². The Bertz CT molecular complexity index is 161. The number of aliphatic hydroxyl groups is 1. The first-order chi connectivity index (χ1) is 3.95. The van der Waals surface area contributed by atoms with Gasteiger partial charge in [0.1, 0.15) is 5.44 Å². The highest BCUT2D eigenvalue weighted by atomic mass is 33.1. The maximum atomic E-state index is 10.4. The average Bonchev–Trinajstić information content (AvgIpc) is 1.62. The topological polar surface area (TPSA) is 54.4 Å². The molecule has 5 heteroatoms. The van der Waals surface area contributed by atoms with E-state index < -0.39 is 14.3 Å². The van der Waals surface area contributed by atoms with Gasteiger partial charge in [-0.15, -0.1) is 0 Å². The molecule has 0 saturated carbocycles. The van der Waals surface area contributed by atoms with Crippen LogP contribution in [0.4, 0.5) is 0 Å². The van der Waals surface area contributed by atoms with E-state index in [1.807, 2.05) is 0 Å². The summed E-state index contributed by atoms with van der Waals surface area (Å²) in [4.78, 5) is 0. The summed E-state index contributed by atoms with van der Waals surface area (Å²) in [7, 11) is -2.48. The quantitative estimate of drug-likeness (QED) is 0.492. The Morgan fingerprint density at radius 3 is 2.22 bits per heavy atom. The molecule has 56 valence electrons. The third kappa shape index (κ3) is 6.14. The lowest BCUT2D eigenvalue weighted by Crippen LogP contribution is -2.02. The summed E-state index contributed by atoms with van der Waals surface area (Å²) in [6, 6.07) is 0. The summed E-state index contributed by atoms with van der Waals surface area (Å²) < 4.78 is 20.8. The van der Waals surface area contributed by atoms with Crippen LogP contribution in [-0.4, -0.2) is 25.2 Å². The first-order valence-corrected chi connectivity index (χ1v) is 5.81. The average molecular weight is 170 g/mol. The van der Waals surface area contributed by atoms with Crippen molar-refractivity contribution in [3.05, 3.63) is 0 Å². The van der Waals surface area contributed by atoms with Crippen molar-refractivity contribution in [3.63, 3.8) is 0 Å². The van der Waals surface area contributed by atoms with Crippen molar-refractivity contribution in [1.82, 2.24) is 0 Å². The van der Waals surface area contributed by atoms with Gasteiger partial charge in [0, 0.05) is 6.26 Å². The third-order valence-electron chi connectivity index (χ3n) is 0.635. The Labute approximate surface area is 58.8 Å². The van der Waals surface area contributed by atoms with Crippen molar-refractivity contribution in [2.45, 2.75) is 18.8 Å². The summed E-state index contributed by atoms with van der Waals surface area (Å²) in [6.07, 6.45) is 1.54. The van der Waals surface area contributed by atoms with Crippen LogP contribution in [0.2, 0.25) is 0 Å². The van der Waals surface area contributed by atoms with Crippen LogP contribution in [0.25, 0.3) is 0 Å². The molecule has 0 rings (SSSR count). The highest BCUT2D eigenvalue weighted by molar-refractivity contribution is 8.71. The van der Waals surface area contributed by atoms with E-state index in [-0.39, 0.29) is 0 Å². The van der Waals surface area contributed by atoms with Crippen LogP contribution in [0.3, 0.4) is 0 Å². The SMILES string of the molecule is CCC(O)SS(C)(=O)=O. The Hall–Kier alpha value is 0.260. The molecule has 0 radical (unpaired) electrons. The molecule has 0 bridgehead atoms. The zero-order chi connectivity index (χ0) is 7.49. The molecule has 0 aromatic rings. The van der Waals surface area contributed by atoms with E-state index in [0.717, 1.165) is 6.26 Å². The molecule has 0 aliphatic rings. The van der Waals surface area contributed by atoms with Crippen molar-refractivity contribution in [1.29, 1.82) is 0 Å². The summed E-state index contributed by atoms with van der Waals surface area (Å²) in [5.74, 6) is 0. The molecule has 0 heterocycles. The molecule has 0 amide bonds. The third-order valence-corrected chi connectivity index (χ3v) is 3.26. The molecular weight excluding hydrogens is 160 g/mol. The minimum Gasteiger partial charge on any atom is -0.381 e. The molecule has 0 aromatic heterocycles. The fourth-order valence-electron chi connectivity index (χ4n) is 0.270. The van der Waals surface area contributed by atoms with Gasteiger partial charge in [-0.3, -0.25) is 0 Å². The molecule has 0 saturated heterocycles. The molecule has 0 aliphatic carbocycles. The van der Waals surface area contributed by atoms with E-state index >= 15 is 0 Å². The normalized spacial score (nSPS) is 15.4. The van der Waals surface area contributed by atoms with E-state index in [2.05, 4.69) is 0 Å². The lowest BCUT2D eigenvalue weighted by Gasteiger charge is -2.02. The van der Waals surface area contributed by atoms with Crippen LogP contribution < -0.4 is 0 Å². The van der Waals surface area contributed by atoms with Gasteiger partial charge in [-0.05, 0) is 17.2 Å². The van der Waals surface area contributed by atoms with E-state index in [9.17, 15) is 8.42 Å². The van der Waals surface area contributed by atoms with Gasteiger partial charge in [-0.25, -0.2) is 8.42 Å². The molecule has 0 aromatic carbocycles. The molecule has 0 aliphatic heterocycles. The Morgan fingerprint density at radius 2 is 2.11 bits per heavy atom. The van der Waals surface area contributed by atoms with Crippen molar-refractivity contribution in [2.24, 2.45) is 0 Å². The molecular formula is C4H10O3S2. The van der Waals surface area contributed by atoms with Crippen LogP contribution in [0.5, 0.6) is 0 Å². The predicted molar refractivity (Wildman–Crippen MR) is 38.7 cm³/mol. The molecule has 1 unspecified atom stereocenters. The van der Waals surface area contributed by atoms with Gasteiger partial charge < -0.3 is 5.11 Å². The lowest BCUT2D eigenvalue weighted by atomic mass is 10.5. The largest absolute Gasteiger partial charge is 0.381 e. The zero-order valence-electron chi connectivity index (χ0n) is 5.36. The number of hydrogen-bond donors (Lipinski definition) is 1. The second-order valence-corrected chi connectivity index (χ2v) is 6.20. The monoisotopic (exact) mass is 170 g/mol. The van der Waals surface area contributed by atoms with Gasteiger partial charge in [0.25, 0.3) is 0 Å². The fraction of sp³-hybridized carbons (Fsp3) is 1.00. The van der Waals surface area contributed by atoms with Gasteiger partial charge in [0.15, 0.2) is 0 Å². The highest BCUT2D eigenvalue weighted by Crippen LogP contribution is 2.17. The predicted octanol–water partition coefficient (Wildman–Crippen LogP) is 0.408. The molecule has 0 fully saturated rings. The van der Waals surface area contributed by atoms with Crippen molar-refractivity contribution < 1.29 is 13.5 Å². The molecule has 9 heavy (non-hydrogen) atoms. The van der Waals surface area contributed by atoms with Gasteiger partial charge in [0.2, 0.25) is 8.87 Å². The van der Waals surface area contributed by atoms with Crippen LogP contribution in [0.1, 0.15) is 13.3 Å². The van der Waals surface area contributed by atoms with Gasteiger partial charge in [-0.2, -0.15) is 0 Å². The molecule has 3 nitrogen and oxygen atoms in total. The summed E-state index contributed by atoms with van der Waals surface area (Å²) in [6.45, 7) is 1.73. The zero-order valence-corrected chi connectivity index (χ0v) is 7.00. The number of aliphatic hydroxyl groups excluding tert-OH is 1. The van der Waals surface area contributed by atoms with Crippen molar-refractivity contribution in [2.75, 3.05) is 6.26 Å². The standard InChI is InChI=1S/C4H10O3S2/c1-3-4(5)8-9(2,6)7/h4-5H,3H2,1-2H3. The summed E-state index contributed by atoms with van der Waals surface area (Å²) in [5, 5.41) is 8.78.